The maximum atomic E-state index is 13.0. The molecule has 2 aliphatic heterocycles. The van der Waals surface area contributed by atoms with Gasteiger partial charge in [0.1, 0.15) is 10.6 Å². The zero-order valence-electron chi connectivity index (χ0n) is 17.3. The van der Waals surface area contributed by atoms with Gasteiger partial charge in [-0.05, 0) is 23.8 Å². The molecule has 1 amide bonds. The third-order valence-corrected chi connectivity index (χ3v) is 6.81. The van der Waals surface area contributed by atoms with Crippen molar-refractivity contribution in [1.29, 1.82) is 0 Å². The van der Waals surface area contributed by atoms with E-state index in [-0.39, 0.29) is 36.2 Å². The van der Waals surface area contributed by atoms with Crippen molar-refractivity contribution in [2.75, 3.05) is 66.3 Å². The van der Waals surface area contributed by atoms with Crippen LogP contribution in [0.4, 0.5) is 0 Å². The lowest BCUT2D eigenvalue weighted by atomic mass is 10.2. The summed E-state index contributed by atoms with van der Waals surface area (Å²) in [6.07, 6.45) is 2.58. The van der Waals surface area contributed by atoms with E-state index in [1.807, 2.05) is 0 Å². The van der Waals surface area contributed by atoms with Gasteiger partial charge in [-0.1, -0.05) is 6.07 Å². The number of esters is 1. The van der Waals surface area contributed by atoms with Crippen LogP contribution in [0, 0.1) is 0 Å². The summed E-state index contributed by atoms with van der Waals surface area (Å²) >= 11 is 0. The lowest BCUT2D eigenvalue weighted by Gasteiger charge is -2.26. The second-order valence-electron chi connectivity index (χ2n) is 6.86. The minimum Gasteiger partial charge on any atom is -0.495 e. The lowest BCUT2D eigenvalue weighted by molar-refractivity contribution is -0.150. The molecule has 1 aromatic carbocycles. The molecule has 2 fully saturated rings. The Morgan fingerprint density at radius 3 is 2.35 bits per heavy atom. The highest BCUT2D eigenvalue weighted by atomic mass is 32.2. The molecular formula is C20H26N2O8S. The molecule has 0 N–H and O–H groups in total. The SMILES string of the molecule is COc1ccc(C=CC(=O)OCC(=O)N2CCOCC2)cc1S(=O)(=O)N1CCOCC1. The Balaban J connectivity index is 1.65. The molecule has 0 saturated carbocycles. The second-order valence-corrected chi connectivity index (χ2v) is 8.77. The van der Waals surface area contributed by atoms with Gasteiger partial charge >= 0.3 is 5.97 Å². The van der Waals surface area contributed by atoms with Crippen molar-refractivity contribution >= 4 is 28.0 Å². The number of methoxy groups -OCH3 is 1. The van der Waals surface area contributed by atoms with E-state index in [2.05, 4.69) is 0 Å². The molecule has 0 spiro atoms. The maximum Gasteiger partial charge on any atom is 0.331 e. The maximum absolute atomic E-state index is 13.0. The molecule has 0 radical (unpaired) electrons. The fraction of sp³-hybridized carbons (Fsp3) is 0.500. The van der Waals surface area contributed by atoms with Crippen molar-refractivity contribution in [1.82, 2.24) is 9.21 Å². The molecule has 2 saturated heterocycles. The smallest absolute Gasteiger partial charge is 0.331 e. The van der Waals surface area contributed by atoms with E-state index in [0.29, 0.717) is 45.1 Å². The molecule has 170 valence electrons. The van der Waals surface area contributed by atoms with Gasteiger partial charge in [-0.3, -0.25) is 4.79 Å². The highest BCUT2D eigenvalue weighted by Gasteiger charge is 2.29. The molecule has 3 rings (SSSR count). The van der Waals surface area contributed by atoms with Crippen LogP contribution in [0.1, 0.15) is 5.56 Å². The Morgan fingerprint density at radius 1 is 1.06 bits per heavy atom. The molecule has 11 heteroatoms. The zero-order valence-corrected chi connectivity index (χ0v) is 18.1. The third-order valence-electron chi connectivity index (χ3n) is 4.89. The summed E-state index contributed by atoms with van der Waals surface area (Å²) in [5, 5.41) is 0. The minimum absolute atomic E-state index is 0.00918. The summed E-state index contributed by atoms with van der Waals surface area (Å²) in [7, 11) is -2.39. The summed E-state index contributed by atoms with van der Waals surface area (Å²) in [4.78, 5) is 25.6. The van der Waals surface area contributed by atoms with E-state index >= 15 is 0 Å². The van der Waals surface area contributed by atoms with Gasteiger partial charge in [-0.2, -0.15) is 4.31 Å². The highest BCUT2D eigenvalue weighted by molar-refractivity contribution is 7.89. The lowest BCUT2D eigenvalue weighted by Crippen LogP contribution is -2.42. The predicted octanol–water partition coefficient (Wildman–Crippen LogP) is 0.131. The number of morpholine rings is 2. The predicted molar refractivity (Wildman–Crippen MR) is 110 cm³/mol. The van der Waals surface area contributed by atoms with Crippen molar-refractivity contribution in [3.63, 3.8) is 0 Å². The minimum atomic E-state index is -3.78. The fourth-order valence-corrected chi connectivity index (χ4v) is 4.77. The number of hydrogen-bond acceptors (Lipinski definition) is 8. The Kier molecular flexibility index (Phi) is 8.02. The first kappa shape index (κ1) is 23.2. The Bertz CT molecular complexity index is 919. The van der Waals surface area contributed by atoms with E-state index in [1.54, 1.807) is 11.0 Å². The largest absolute Gasteiger partial charge is 0.495 e. The van der Waals surface area contributed by atoms with Crippen molar-refractivity contribution in [3.8, 4) is 5.75 Å². The molecule has 0 bridgehead atoms. The first-order valence-electron chi connectivity index (χ1n) is 9.88. The molecule has 31 heavy (non-hydrogen) atoms. The molecule has 2 heterocycles. The average molecular weight is 455 g/mol. The average Bonchev–Trinajstić information content (AvgIpc) is 2.82. The van der Waals surface area contributed by atoms with Gasteiger partial charge < -0.3 is 23.8 Å². The van der Waals surface area contributed by atoms with E-state index in [4.69, 9.17) is 18.9 Å². The third kappa shape index (κ3) is 6.03. The number of benzene rings is 1. The number of carbonyl (C=O) groups excluding carboxylic acids is 2. The normalized spacial score (nSPS) is 18.2. The van der Waals surface area contributed by atoms with Gasteiger partial charge in [-0.25, -0.2) is 13.2 Å². The van der Waals surface area contributed by atoms with E-state index in [0.717, 1.165) is 6.08 Å². The van der Waals surface area contributed by atoms with Crippen molar-refractivity contribution < 1.29 is 37.0 Å². The molecule has 0 aliphatic carbocycles. The Morgan fingerprint density at radius 2 is 1.71 bits per heavy atom. The molecule has 0 atom stereocenters. The molecule has 0 aromatic heterocycles. The highest BCUT2D eigenvalue weighted by Crippen LogP contribution is 2.28. The van der Waals surface area contributed by atoms with Crippen LogP contribution in [0.3, 0.4) is 0 Å². The standard InChI is InChI=1S/C20H26N2O8S/c1-27-17-4-2-16(14-18(17)31(25,26)22-8-12-29-13-9-22)3-5-20(24)30-15-19(23)21-6-10-28-11-7-21/h2-5,14H,6-13,15H2,1H3. The Hall–Kier alpha value is -2.47. The van der Waals surface area contributed by atoms with Crippen molar-refractivity contribution in [2.45, 2.75) is 4.90 Å². The first-order valence-corrected chi connectivity index (χ1v) is 11.3. The molecule has 0 unspecified atom stereocenters. The first-order chi connectivity index (χ1) is 14.9. The quantitative estimate of drug-likeness (QED) is 0.422. The van der Waals surface area contributed by atoms with Crippen LogP contribution in [0.15, 0.2) is 29.2 Å². The monoisotopic (exact) mass is 454 g/mol. The Labute approximate surface area is 181 Å². The van der Waals surface area contributed by atoms with Crippen LogP contribution in [-0.4, -0.2) is 95.8 Å². The van der Waals surface area contributed by atoms with Crippen molar-refractivity contribution in [2.24, 2.45) is 0 Å². The number of ether oxygens (including phenoxy) is 4. The van der Waals surface area contributed by atoms with Crippen molar-refractivity contribution in [3.05, 3.63) is 29.8 Å². The summed E-state index contributed by atoms with van der Waals surface area (Å²) < 4.78 is 48.0. The summed E-state index contributed by atoms with van der Waals surface area (Å²) in [6.45, 7) is 2.69. The number of hydrogen-bond donors (Lipinski definition) is 0. The zero-order chi connectivity index (χ0) is 22.3. The van der Waals surface area contributed by atoms with Gasteiger partial charge in [-0.15, -0.1) is 0 Å². The van der Waals surface area contributed by atoms with Gasteiger partial charge in [0, 0.05) is 32.3 Å². The van der Waals surface area contributed by atoms with Gasteiger partial charge in [0.25, 0.3) is 5.91 Å². The van der Waals surface area contributed by atoms with Crippen LogP contribution in [0.2, 0.25) is 0 Å². The number of amides is 1. The van der Waals surface area contributed by atoms with Gasteiger partial charge in [0.05, 0.1) is 33.5 Å². The van der Waals surface area contributed by atoms with E-state index in [9.17, 15) is 18.0 Å². The summed E-state index contributed by atoms with van der Waals surface area (Å²) in [6, 6.07) is 4.59. The molecule has 2 aliphatic rings. The van der Waals surface area contributed by atoms with Crippen LogP contribution >= 0.6 is 0 Å². The second kappa shape index (κ2) is 10.7. The summed E-state index contributed by atoms with van der Waals surface area (Å²) in [5.41, 5.74) is 0.476. The number of rotatable bonds is 7. The molecule has 10 nitrogen and oxygen atoms in total. The van der Waals surface area contributed by atoms with Crippen LogP contribution in [-0.2, 0) is 33.8 Å². The van der Waals surface area contributed by atoms with Crippen LogP contribution < -0.4 is 4.74 Å². The van der Waals surface area contributed by atoms with Gasteiger partial charge in [0.15, 0.2) is 6.61 Å². The number of nitrogens with zero attached hydrogens (tertiary/aromatic N) is 2. The molecular weight excluding hydrogens is 428 g/mol. The topological polar surface area (TPSA) is 112 Å². The summed E-state index contributed by atoms with van der Waals surface area (Å²) in [5.74, 6) is -0.772. The van der Waals surface area contributed by atoms with E-state index in [1.165, 1.54) is 29.6 Å². The van der Waals surface area contributed by atoms with E-state index < -0.39 is 16.0 Å². The molecule has 1 aromatic rings. The van der Waals surface area contributed by atoms with Gasteiger partial charge in [0.2, 0.25) is 10.0 Å². The number of carbonyl (C=O) groups is 2. The van der Waals surface area contributed by atoms with Crippen LogP contribution in [0.5, 0.6) is 5.75 Å². The number of sulfonamides is 1. The van der Waals surface area contributed by atoms with Crippen LogP contribution in [0.25, 0.3) is 6.08 Å². The fourth-order valence-electron chi connectivity index (χ4n) is 3.17.